The quantitative estimate of drug-likeness (QED) is 0.779. The van der Waals surface area contributed by atoms with Crippen molar-refractivity contribution in [2.45, 2.75) is 25.9 Å². The molecule has 1 aromatic carbocycles. The number of phenolic OH excluding ortho intramolecular Hbond substituents is 1. The van der Waals surface area contributed by atoms with Crippen LogP contribution in [0.25, 0.3) is 0 Å². The van der Waals surface area contributed by atoms with Crippen LogP contribution in [0.3, 0.4) is 0 Å². The number of hydrogen-bond donors (Lipinski definition) is 3. The van der Waals surface area contributed by atoms with Crippen LogP contribution in [0.2, 0.25) is 5.02 Å². The zero-order valence-electron chi connectivity index (χ0n) is 10.2. The molecule has 96 valence electrons. The lowest BCUT2D eigenvalue weighted by Gasteiger charge is -2.15. The Hall–Kier alpha value is -1.52. The summed E-state index contributed by atoms with van der Waals surface area (Å²) in [4.78, 5) is 7.32. The highest BCUT2D eigenvalue weighted by Gasteiger charge is 2.11. The first-order valence-electron chi connectivity index (χ1n) is 5.90. The molecule has 4 nitrogen and oxygen atoms in total. The minimum absolute atomic E-state index is 0.137. The highest BCUT2D eigenvalue weighted by molar-refractivity contribution is 6.30. The van der Waals surface area contributed by atoms with Gasteiger partial charge in [-0.3, -0.25) is 0 Å². The Morgan fingerprint density at radius 3 is 3.00 bits per heavy atom. The number of phenols is 1. The summed E-state index contributed by atoms with van der Waals surface area (Å²) in [5.74, 6) is 1.15. The van der Waals surface area contributed by atoms with E-state index in [1.54, 1.807) is 30.6 Å². The van der Waals surface area contributed by atoms with Crippen molar-refractivity contribution in [3.05, 3.63) is 47.0 Å². The fourth-order valence-corrected chi connectivity index (χ4v) is 2.03. The number of rotatable bonds is 5. The van der Waals surface area contributed by atoms with Crippen molar-refractivity contribution in [3.63, 3.8) is 0 Å². The molecule has 0 spiro atoms. The van der Waals surface area contributed by atoms with Gasteiger partial charge >= 0.3 is 0 Å². The highest BCUT2D eigenvalue weighted by Crippen LogP contribution is 2.22. The second-order valence-corrected chi connectivity index (χ2v) is 4.53. The number of aromatic hydroxyl groups is 1. The van der Waals surface area contributed by atoms with E-state index >= 15 is 0 Å². The Kier molecular flexibility index (Phi) is 4.23. The van der Waals surface area contributed by atoms with Gasteiger partial charge in [0.05, 0.1) is 6.04 Å². The number of imidazole rings is 1. The normalized spacial score (nSPS) is 12.6. The van der Waals surface area contributed by atoms with E-state index in [4.69, 9.17) is 11.6 Å². The van der Waals surface area contributed by atoms with Crippen LogP contribution in [0.4, 0.5) is 0 Å². The van der Waals surface area contributed by atoms with Gasteiger partial charge in [-0.1, -0.05) is 18.5 Å². The van der Waals surface area contributed by atoms with Crippen molar-refractivity contribution >= 4 is 11.6 Å². The summed E-state index contributed by atoms with van der Waals surface area (Å²) in [7, 11) is 0. The fraction of sp³-hybridized carbons (Fsp3) is 0.308. The lowest BCUT2D eigenvalue weighted by Crippen LogP contribution is -2.21. The Morgan fingerprint density at radius 2 is 2.33 bits per heavy atom. The Balaban J connectivity index is 2.04. The summed E-state index contributed by atoms with van der Waals surface area (Å²) in [5, 5.41) is 13.7. The third-order valence-electron chi connectivity index (χ3n) is 2.84. The summed E-state index contributed by atoms with van der Waals surface area (Å²) < 4.78 is 0. The Bertz CT molecular complexity index is 499. The third kappa shape index (κ3) is 3.03. The Labute approximate surface area is 111 Å². The molecular weight excluding hydrogens is 250 g/mol. The van der Waals surface area contributed by atoms with Gasteiger partial charge in [0.2, 0.25) is 0 Å². The second kappa shape index (κ2) is 5.89. The minimum atomic E-state index is 0.137. The van der Waals surface area contributed by atoms with E-state index in [1.807, 2.05) is 0 Å². The van der Waals surface area contributed by atoms with E-state index < -0.39 is 0 Å². The molecule has 1 unspecified atom stereocenters. The van der Waals surface area contributed by atoms with E-state index in [1.165, 1.54) is 0 Å². The van der Waals surface area contributed by atoms with Crippen LogP contribution in [-0.2, 0) is 6.54 Å². The maximum Gasteiger partial charge on any atom is 0.123 e. The molecule has 0 amide bonds. The average Bonchev–Trinajstić information content (AvgIpc) is 2.88. The van der Waals surface area contributed by atoms with Gasteiger partial charge in [0.1, 0.15) is 11.6 Å². The molecule has 0 bridgehead atoms. The zero-order chi connectivity index (χ0) is 13.0. The highest BCUT2D eigenvalue weighted by atomic mass is 35.5. The molecule has 3 N–H and O–H groups in total. The molecule has 0 fully saturated rings. The molecule has 0 aliphatic rings. The second-order valence-electron chi connectivity index (χ2n) is 4.09. The number of aromatic nitrogens is 2. The van der Waals surface area contributed by atoms with Gasteiger partial charge in [-0.05, 0) is 24.6 Å². The average molecular weight is 266 g/mol. The number of H-pyrrole nitrogens is 1. The zero-order valence-corrected chi connectivity index (χ0v) is 10.9. The lowest BCUT2D eigenvalue weighted by molar-refractivity contribution is 0.451. The molecule has 1 heterocycles. The van der Waals surface area contributed by atoms with E-state index in [9.17, 15) is 5.11 Å². The molecule has 0 saturated heterocycles. The van der Waals surface area contributed by atoms with Gasteiger partial charge in [0.25, 0.3) is 0 Å². The molecule has 0 saturated carbocycles. The third-order valence-corrected chi connectivity index (χ3v) is 3.07. The Morgan fingerprint density at radius 1 is 1.50 bits per heavy atom. The molecule has 1 aromatic heterocycles. The molecule has 2 rings (SSSR count). The van der Waals surface area contributed by atoms with Crippen LogP contribution in [0.1, 0.15) is 30.8 Å². The summed E-state index contributed by atoms with van der Waals surface area (Å²) in [6.07, 6.45) is 4.45. The molecule has 0 aliphatic heterocycles. The van der Waals surface area contributed by atoms with Crippen molar-refractivity contribution in [3.8, 4) is 5.75 Å². The van der Waals surface area contributed by atoms with E-state index in [0.717, 1.165) is 17.8 Å². The van der Waals surface area contributed by atoms with E-state index in [2.05, 4.69) is 22.2 Å². The van der Waals surface area contributed by atoms with Gasteiger partial charge in [0, 0.05) is 29.5 Å². The summed E-state index contributed by atoms with van der Waals surface area (Å²) >= 11 is 5.91. The van der Waals surface area contributed by atoms with Gasteiger partial charge in [0.15, 0.2) is 0 Å². The molecule has 0 aliphatic carbocycles. The van der Waals surface area contributed by atoms with Gasteiger partial charge in [-0.2, -0.15) is 0 Å². The SMILES string of the molecule is CCC(NCc1cc(Cl)ccc1O)c1ncc[nH]1. The molecule has 0 radical (unpaired) electrons. The molecule has 2 aromatic rings. The standard InChI is InChI=1S/C13H16ClN3O/c1-2-11(13-15-5-6-16-13)17-8-9-7-10(14)3-4-12(9)18/h3-7,11,17-18H,2,8H2,1H3,(H,15,16). The minimum Gasteiger partial charge on any atom is -0.508 e. The molecule has 18 heavy (non-hydrogen) atoms. The van der Waals surface area contributed by atoms with Crippen molar-refractivity contribution in [2.24, 2.45) is 0 Å². The van der Waals surface area contributed by atoms with Gasteiger partial charge in [-0.15, -0.1) is 0 Å². The predicted octanol–water partition coefficient (Wildman–Crippen LogP) is 3.01. The van der Waals surface area contributed by atoms with Crippen LogP contribution in [0.15, 0.2) is 30.6 Å². The maximum atomic E-state index is 9.73. The smallest absolute Gasteiger partial charge is 0.123 e. The van der Waals surface area contributed by atoms with E-state index in [0.29, 0.717) is 11.6 Å². The van der Waals surface area contributed by atoms with Crippen LogP contribution >= 0.6 is 11.6 Å². The van der Waals surface area contributed by atoms with Crippen LogP contribution < -0.4 is 5.32 Å². The van der Waals surface area contributed by atoms with Crippen molar-refractivity contribution in [1.82, 2.24) is 15.3 Å². The van der Waals surface area contributed by atoms with Crippen molar-refractivity contribution in [2.75, 3.05) is 0 Å². The van der Waals surface area contributed by atoms with Crippen LogP contribution in [-0.4, -0.2) is 15.1 Å². The van der Waals surface area contributed by atoms with E-state index in [-0.39, 0.29) is 11.8 Å². The number of halogens is 1. The van der Waals surface area contributed by atoms with Gasteiger partial charge in [-0.25, -0.2) is 4.98 Å². The predicted molar refractivity (Wildman–Crippen MR) is 71.6 cm³/mol. The first-order valence-corrected chi connectivity index (χ1v) is 6.28. The first-order chi connectivity index (χ1) is 8.70. The summed E-state index contributed by atoms with van der Waals surface area (Å²) in [6, 6.07) is 5.18. The molecule has 5 heteroatoms. The van der Waals surface area contributed by atoms with Crippen LogP contribution in [0.5, 0.6) is 5.75 Å². The first kappa shape index (κ1) is 12.9. The number of benzene rings is 1. The molecular formula is C13H16ClN3O. The lowest BCUT2D eigenvalue weighted by atomic mass is 10.1. The number of nitrogens with zero attached hydrogens (tertiary/aromatic N) is 1. The monoisotopic (exact) mass is 265 g/mol. The largest absolute Gasteiger partial charge is 0.508 e. The van der Waals surface area contributed by atoms with Crippen molar-refractivity contribution < 1.29 is 5.11 Å². The molecule has 1 atom stereocenters. The van der Waals surface area contributed by atoms with Crippen LogP contribution in [0, 0.1) is 0 Å². The topological polar surface area (TPSA) is 60.9 Å². The maximum absolute atomic E-state index is 9.73. The van der Waals surface area contributed by atoms with Gasteiger partial charge < -0.3 is 15.4 Å². The fourth-order valence-electron chi connectivity index (χ4n) is 1.83. The summed E-state index contributed by atoms with van der Waals surface area (Å²) in [6.45, 7) is 2.63. The summed E-state index contributed by atoms with van der Waals surface area (Å²) in [5.41, 5.74) is 0.785. The number of nitrogens with one attached hydrogen (secondary N) is 2. The number of hydrogen-bond acceptors (Lipinski definition) is 3. The number of aromatic amines is 1. The van der Waals surface area contributed by atoms with Crippen molar-refractivity contribution in [1.29, 1.82) is 0 Å².